The fourth-order valence-corrected chi connectivity index (χ4v) is 5.14. The number of nitrogens with zero attached hydrogens (tertiary/aromatic N) is 3. The van der Waals surface area contributed by atoms with Crippen molar-refractivity contribution in [2.75, 3.05) is 31.9 Å². The second kappa shape index (κ2) is 9.57. The summed E-state index contributed by atoms with van der Waals surface area (Å²) in [6.45, 7) is 6.25. The maximum Gasteiger partial charge on any atom is 0.255 e. The molecule has 150 valence electrons. The normalized spacial score (nSPS) is 14.9. The van der Waals surface area contributed by atoms with Gasteiger partial charge in [-0.25, -0.2) is 4.98 Å². The van der Waals surface area contributed by atoms with Crippen LogP contribution in [0.25, 0.3) is 10.6 Å². The molecule has 0 aliphatic carbocycles. The van der Waals surface area contributed by atoms with Crippen LogP contribution in [-0.2, 0) is 6.54 Å². The van der Waals surface area contributed by atoms with Crippen molar-refractivity contribution in [3.05, 3.63) is 71.2 Å². The highest BCUT2D eigenvalue weighted by Gasteiger charge is 2.24. The molecule has 0 saturated carbocycles. The van der Waals surface area contributed by atoms with Crippen LogP contribution in [0, 0.1) is 0 Å². The van der Waals surface area contributed by atoms with Gasteiger partial charge in [0.05, 0.1) is 11.3 Å². The molecule has 1 fully saturated rings. The van der Waals surface area contributed by atoms with Crippen molar-refractivity contribution in [3.63, 3.8) is 0 Å². The molecule has 2 aromatic carbocycles. The predicted molar refractivity (Wildman–Crippen MR) is 122 cm³/mol. The van der Waals surface area contributed by atoms with E-state index in [4.69, 9.17) is 4.98 Å². The number of rotatable bonds is 6. The molecule has 3 aromatic rings. The van der Waals surface area contributed by atoms with Gasteiger partial charge in [-0.2, -0.15) is 0 Å². The Bertz CT molecular complexity index is 950. The maximum atomic E-state index is 13.0. The van der Waals surface area contributed by atoms with Gasteiger partial charge in [0, 0.05) is 48.6 Å². The van der Waals surface area contributed by atoms with E-state index in [1.165, 1.54) is 5.56 Å². The fraction of sp³-hybridized carbons (Fsp3) is 0.304. The third kappa shape index (κ3) is 4.89. The molecule has 4 nitrogen and oxygen atoms in total. The smallest absolute Gasteiger partial charge is 0.255 e. The Morgan fingerprint density at radius 1 is 1.03 bits per heavy atom. The molecule has 1 amide bonds. The summed E-state index contributed by atoms with van der Waals surface area (Å²) in [6, 6.07) is 18.3. The fourth-order valence-electron chi connectivity index (χ4n) is 3.53. The Kier molecular flexibility index (Phi) is 6.64. The Morgan fingerprint density at radius 3 is 2.52 bits per heavy atom. The molecule has 2 heterocycles. The highest BCUT2D eigenvalue weighted by atomic mass is 32.2. The van der Waals surface area contributed by atoms with Gasteiger partial charge >= 0.3 is 0 Å². The van der Waals surface area contributed by atoms with Crippen LogP contribution in [0.5, 0.6) is 0 Å². The van der Waals surface area contributed by atoms with Crippen LogP contribution in [0.3, 0.4) is 0 Å². The summed E-state index contributed by atoms with van der Waals surface area (Å²) in [6.07, 6.45) is 0. The van der Waals surface area contributed by atoms with Crippen LogP contribution in [-0.4, -0.2) is 52.6 Å². The average molecular weight is 424 g/mol. The summed E-state index contributed by atoms with van der Waals surface area (Å²) in [5.41, 5.74) is 3.11. The Morgan fingerprint density at radius 2 is 1.76 bits per heavy atom. The number of thioether (sulfide) groups is 1. The van der Waals surface area contributed by atoms with Gasteiger partial charge < -0.3 is 4.90 Å². The Balaban J connectivity index is 1.34. The number of thiazole rings is 1. The summed E-state index contributed by atoms with van der Waals surface area (Å²) in [4.78, 5) is 23.3. The van der Waals surface area contributed by atoms with Gasteiger partial charge in [0.15, 0.2) is 0 Å². The molecule has 1 saturated heterocycles. The van der Waals surface area contributed by atoms with Gasteiger partial charge in [0.2, 0.25) is 0 Å². The summed E-state index contributed by atoms with van der Waals surface area (Å²) in [5.74, 6) is 1.12. The van der Waals surface area contributed by atoms with Crippen LogP contribution in [0.15, 0.2) is 64.9 Å². The van der Waals surface area contributed by atoms with E-state index < -0.39 is 0 Å². The number of amides is 1. The number of aromatic nitrogens is 1. The lowest BCUT2D eigenvalue weighted by atomic mass is 10.1. The number of benzene rings is 2. The number of carbonyl (C=O) groups is 1. The number of piperazine rings is 1. The minimum Gasteiger partial charge on any atom is -0.336 e. The van der Waals surface area contributed by atoms with E-state index in [0.717, 1.165) is 59.6 Å². The predicted octanol–water partition coefficient (Wildman–Crippen LogP) is 4.88. The molecule has 1 aromatic heterocycles. The first-order valence-electron chi connectivity index (χ1n) is 9.98. The first-order chi connectivity index (χ1) is 14.2. The molecule has 0 N–H and O–H groups in total. The molecule has 1 aliphatic heterocycles. The van der Waals surface area contributed by atoms with E-state index in [1.807, 2.05) is 47.4 Å². The highest BCUT2D eigenvalue weighted by molar-refractivity contribution is 7.99. The van der Waals surface area contributed by atoms with Crippen LogP contribution in [0.1, 0.15) is 23.0 Å². The lowest BCUT2D eigenvalue weighted by Gasteiger charge is -2.34. The summed E-state index contributed by atoms with van der Waals surface area (Å²) in [7, 11) is 0. The average Bonchev–Trinajstić information content (AvgIpc) is 3.24. The van der Waals surface area contributed by atoms with Crippen LogP contribution >= 0.6 is 23.1 Å². The second-order valence-electron chi connectivity index (χ2n) is 7.01. The zero-order chi connectivity index (χ0) is 20.1. The zero-order valence-electron chi connectivity index (χ0n) is 16.6. The van der Waals surface area contributed by atoms with E-state index >= 15 is 0 Å². The summed E-state index contributed by atoms with van der Waals surface area (Å²) in [5, 5.41) is 3.22. The van der Waals surface area contributed by atoms with Gasteiger partial charge in [0.1, 0.15) is 5.01 Å². The van der Waals surface area contributed by atoms with E-state index in [0.29, 0.717) is 0 Å². The molecular weight excluding hydrogens is 398 g/mol. The molecule has 4 rings (SSSR count). The Hall–Kier alpha value is -2.15. The lowest BCUT2D eigenvalue weighted by Crippen LogP contribution is -2.48. The van der Waals surface area contributed by atoms with Crippen molar-refractivity contribution in [2.45, 2.75) is 18.4 Å². The molecule has 0 unspecified atom stereocenters. The zero-order valence-corrected chi connectivity index (χ0v) is 18.2. The number of carbonyl (C=O) groups excluding carboxylic acids is 1. The minimum absolute atomic E-state index is 0.154. The minimum atomic E-state index is 0.154. The van der Waals surface area contributed by atoms with E-state index in [9.17, 15) is 4.79 Å². The summed E-state index contributed by atoms with van der Waals surface area (Å²) < 4.78 is 0. The van der Waals surface area contributed by atoms with Gasteiger partial charge in [0.25, 0.3) is 5.91 Å². The van der Waals surface area contributed by atoms with E-state index in [1.54, 1.807) is 23.1 Å². The van der Waals surface area contributed by atoms with Crippen LogP contribution in [0.2, 0.25) is 0 Å². The highest BCUT2D eigenvalue weighted by Crippen LogP contribution is 2.25. The monoisotopic (exact) mass is 423 g/mol. The molecule has 0 bridgehead atoms. The molecule has 1 aliphatic rings. The van der Waals surface area contributed by atoms with Crippen molar-refractivity contribution < 1.29 is 4.79 Å². The SMILES string of the molecule is CCSc1ccccc1C(=O)N1CCN(Cc2csc(-c3ccccc3)n2)CC1. The van der Waals surface area contributed by atoms with Crippen molar-refractivity contribution in [1.82, 2.24) is 14.8 Å². The third-order valence-corrected chi connectivity index (χ3v) is 6.93. The lowest BCUT2D eigenvalue weighted by molar-refractivity contribution is 0.0624. The Labute approximate surface area is 180 Å². The first-order valence-corrected chi connectivity index (χ1v) is 11.8. The van der Waals surface area contributed by atoms with Crippen LogP contribution < -0.4 is 0 Å². The molecular formula is C23H25N3OS2. The number of hydrogen-bond donors (Lipinski definition) is 0. The van der Waals surface area contributed by atoms with E-state index in [2.05, 4.69) is 29.3 Å². The largest absolute Gasteiger partial charge is 0.336 e. The van der Waals surface area contributed by atoms with Crippen LogP contribution in [0.4, 0.5) is 0 Å². The molecule has 0 spiro atoms. The molecule has 0 radical (unpaired) electrons. The summed E-state index contributed by atoms with van der Waals surface area (Å²) >= 11 is 3.43. The first kappa shape index (κ1) is 20.1. The molecule has 6 heteroatoms. The number of hydrogen-bond acceptors (Lipinski definition) is 5. The van der Waals surface area contributed by atoms with Gasteiger partial charge in [-0.3, -0.25) is 9.69 Å². The van der Waals surface area contributed by atoms with Gasteiger partial charge in [-0.15, -0.1) is 23.1 Å². The topological polar surface area (TPSA) is 36.4 Å². The van der Waals surface area contributed by atoms with Crippen molar-refractivity contribution in [3.8, 4) is 10.6 Å². The third-order valence-electron chi connectivity index (χ3n) is 5.03. The van der Waals surface area contributed by atoms with Crippen molar-refractivity contribution in [2.24, 2.45) is 0 Å². The molecule has 0 atom stereocenters. The quantitative estimate of drug-likeness (QED) is 0.530. The standard InChI is InChI=1S/C23H25N3OS2/c1-2-28-21-11-7-6-10-20(21)23(27)26-14-12-25(13-15-26)16-19-17-29-22(24-19)18-8-4-3-5-9-18/h3-11,17H,2,12-16H2,1H3. The second-order valence-corrected chi connectivity index (χ2v) is 9.17. The van der Waals surface area contributed by atoms with Crippen molar-refractivity contribution in [1.29, 1.82) is 0 Å². The van der Waals surface area contributed by atoms with E-state index in [-0.39, 0.29) is 5.91 Å². The maximum absolute atomic E-state index is 13.0. The van der Waals surface area contributed by atoms with Gasteiger partial charge in [-0.05, 0) is 17.9 Å². The van der Waals surface area contributed by atoms with Gasteiger partial charge in [-0.1, -0.05) is 49.4 Å². The molecule has 29 heavy (non-hydrogen) atoms. The van der Waals surface area contributed by atoms with Crippen molar-refractivity contribution >= 4 is 29.0 Å².